The van der Waals surface area contributed by atoms with E-state index in [9.17, 15) is 9.90 Å². The number of fused-ring (bicyclic) bond motifs is 1. The van der Waals surface area contributed by atoms with E-state index in [0.717, 1.165) is 5.56 Å². The maximum atomic E-state index is 12.9. The summed E-state index contributed by atoms with van der Waals surface area (Å²) in [5.41, 5.74) is 2.74. The van der Waals surface area contributed by atoms with E-state index < -0.39 is 0 Å². The standard InChI is InChI=1S/C24H22N2O4/c1-15(2)16-5-3-6-18(11-16)26-24-21(23(28)25-14-20-7-4-10-29-20)12-17-8-9-19(27)13-22(17)30-24/h3-13,15,27H,14H2,1-2H3,(H,25,28). The number of rotatable bonds is 5. The predicted octanol–water partition coefficient (Wildman–Crippen LogP) is 5.02. The van der Waals surface area contributed by atoms with Crippen molar-refractivity contribution in [1.82, 2.24) is 5.32 Å². The molecule has 2 aromatic carbocycles. The molecule has 6 nitrogen and oxygen atoms in total. The summed E-state index contributed by atoms with van der Waals surface area (Å²) in [5.74, 6) is 0.744. The number of phenols is 1. The van der Waals surface area contributed by atoms with Crippen LogP contribution in [0.2, 0.25) is 0 Å². The van der Waals surface area contributed by atoms with Gasteiger partial charge in [-0.15, -0.1) is 0 Å². The maximum Gasteiger partial charge on any atom is 0.257 e. The summed E-state index contributed by atoms with van der Waals surface area (Å²) < 4.78 is 11.2. The average Bonchev–Trinajstić information content (AvgIpc) is 3.25. The molecule has 0 spiro atoms. The number of carbonyl (C=O) groups excluding carboxylic acids is 1. The first-order chi connectivity index (χ1) is 14.5. The Hall–Kier alpha value is -3.80. The molecule has 2 aromatic heterocycles. The lowest BCUT2D eigenvalue weighted by Gasteiger charge is -2.07. The quantitative estimate of drug-likeness (QED) is 0.491. The summed E-state index contributed by atoms with van der Waals surface area (Å²) in [5, 5.41) is 13.3. The van der Waals surface area contributed by atoms with Crippen molar-refractivity contribution in [3.8, 4) is 5.75 Å². The molecule has 0 aliphatic rings. The van der Waals surface area contributed by atoms with Gasteiger partial charge in [0.25, 0.3) is 5.91 Å². The first-order valence-electron chi connectivity index (χ1n) is 9.72. The van der Waals surface area contributed by atoms with Crippen molar-refractivity contribution in [3.63, 3.8) is 0 Å². The van der Waals surface area contributed by atoms with Crippen LogP contribution >= 0.6 is 0 Å². The van der Waals surface area contributed by atoms with E-state index in [1.807, 2.05) is 24.3 Å². The molecule has 0 radical (unpaired) electrons. The van der Waals surface area contributed by atoms with Gasteiger partial charge in [-0.3, -0.25) is 4.79 Å². The smallest absolute Gasteiger partial charge is 0.257 e. The van der Waals surface area contributed by atoms with Crippen molar-refractivity contribution in [2.45, 2.75) is 26.3 Å². The molecule has 0 fully saturated rings. The van der Waals surface area contributed by atoms with Crippen LogP contribution < -0.4 is 10.9 Å². The fraction of sp³-hybridized carbons (Fsp3) is 0.167. The van der Waals surface area contributed by atoms with E-state index in [1.54, 1.807) is 36.6 Å². The molecule has 6 heteroatoms. The molecule has 2 heterocycles. The Morgan fingerprint density at radius 1 is 1.10 bits per heavy atom. The zero-order chi connectivity index (χ0) is 21.1. The summed E-state index contributed by atoms with van der Waals surface area (Å²) in [6, 6.07) is 17.8. The topological polar surface area (TPSA) is 88.0 Å². The number of carbonyl (C=O) groups is 1. The van der Waals surface area contributed by atoms with Crippen LogP contribution in [0.5, 0.6) is 5.75 Å². The van der Waals surface area contributed by atoms with Gasteiger partial charge >= 0.3 is 0 Å². The number of nitrogens with one attached hydrogen (secondary N) is 1. The zero-order valence-electron chi connectivity index (χ0n) is 16.8. The number of hydrogen-bond acceptors (Lipinski definition) is 5. The number of aromatic hydroxyl groups is 1. The molecule has 1 amide bonds. The average molecular weight is 402 g/mol. The van der Waals surface area contributed by atoms with Gasteiger partial charge in [0.05, 0.1) is 18.5 Å². The Morgan fingerprint density at radius 2 is 1.97 bits per heavy atom. The van der Waals surface area contributed by atoms with Crippen molar-refractivity contribution < 1.29 is 18.7 Å². The predicted molar refractivity (Wildman–Crippen MR) is 114 cm³/mol. The van der Waals surface area contributed by atoms with Crippen LogP contribution in [0.1, 0.15) is 41.4 Å². The molecule has 30 heavy (non-hydrogen) atoms. The Labute approximate surface area is 173 Å². The Morgan fingerprint density at radius 3 is 2.73 bits per heavy atom. The maximum absolute atomic E-state index is 12.9. The third-order valence-electron chi connectivity index (χ3n) is 4.75. The molecule has 0 aliphatic heterocycles. The van der Waals surface area contributed by atoms with Crippen molar-refractivity contribution in [1.29, 1.82) is 0 Å². The van der Waals surface area contributed by atoms with Crippen molar-refractivity contribution in [3.05, 3.63) is 89.4 Å². The van der Waals surface area contributed by atoms with Crippen LogP contribution in [0.25, 0.3) is 11.0 Å². The minimum atomic E-state index is -0.330. The van der Waals surface area contributed by atoms with E-state index in [1.165, 1.54) is 6.07 Å². The second-order valence-electron chi connectivity index (χ2n) is 7.31. The van der Waals surface area contributed by atoms with Gasteiger partial charge < -0.3 is 19.3 Å². The van der Waals surface area contributed by atoms with Crippen LogP contribution in [0.4, 0.5) is 5.69 Å². The highest BCUT2D eigenvalue weighted by Gasteiger charge is 2.14. The number of amides is 1. The van der Waals surface area contributed by atoms with Crippen LogP contribution in [-0.4, -0.2) is 11.0 Å². The SMILES string of the molecule is CC(C)c1cccc(N=c2oc3cc(O)ccc3cc2C(=O)NCc2ccco2)c1. The van der Waals surface area contributed by atoms with Crippen LogP contribution in [0.15, 0.2) is 80.8 Å². The lowest BCUT2D eigenvalue weighted by molar-refractivity contribution is 0.0944. The molecule has 0 saturated carbocycles. The Bertz CT molecular complexity index is 1250. The minimum absolute atomic E-state index is 0.0778. The molecule has 2 N–H and O–H groups in total. The number of phenolic OH excluding ortho intramolecular Hbond substituents is 1. The summed E-state index contributed by atoms with van der Waals surface area (Å²) in [6.07, 6.45) is 1.56. The Kier molecular flexibility index (Phi) is 5.39. The molecule has 0 bridgehead atoms. The van der Waals surface area contributed by atoms with Gasteiger partial charge in [-0.2, -0.15) is 0 Å². The highest BCUT2D eigenvalue weighted by Crippen LogP contribution is 2.22. The number of benzene rings is 2. The summed E-state index contributed by atoms with van der Waals surface area (Å²) in [7, 11) is 0. The molecule has 0 unspecified atom stereocenters. The van der Waals surface area contributed by atoms with E-state index in [-0.39, 0.29) is 23.8 Å². The highest BCUT2D eigenvalue weighted by atomic mass is 16.3. The van der Waals surface area contributed by atoms with Crippen molar-refractivity contribution >= 4 is 22.6 Å². The third-order valence-corrected chi connectivity index (χ3v) is 4.75. The third kappa shape index (κ3) is 4.27. The van der Waals surface area contributed by atoms with Gasteiger partial charge in [0.15, 0.2) is 0 Å². The molecule has 0 saturated heterocycles. The van der Waals surface area contributed by atoms with E-state index in [2.05, 4.69) is 24.2 Å². The van der Waals surface area contributed by atoms with Crippen LogP contribution in [0.3, 0.4) is 0 Å². The lowest BCUT2D eigenvalue weighted by atomic mass is 10.0. The summed E-state index contributed by atoms with van der Waals surface area (Å²) >= 11 is 0. The highest BCUT2D eigenvalue weighted by molar-refractivity contribution is 5.96. The van der Waals surface area contributed by atoms with Crippen LogP contribution in [-0.2, 0) is 6.54 Å². The first-order valence-corrected chi connectivity index (χ1v) is 9.72. The van der Waals surface area contributed by atoms with Gasteiger partial charge in [0, 0.05) is 11.5 Å². The monoisotopic (exact) mass is 402 g/mol. The number of nitrogens with zero attached hydrogens (tertiary/aromatic N) is 1. The molecule has 4 rings (SSSR count). The largest absolute Gasteiger partial charge is 0.508 e. The fourth-order valence-electron chi connectivity index (χ4n) is 3.10. The van der Waals surface area contributed by atoms with E-state index >= 15 is 0 Å². The summed E-state index contributed by atoms with van der Waals surface area (Å²) in [4.78, 5) is 17.5. The molecular formula is C24H22N2O4. The first kappa shape index (κ1) is 19.5. The number of hydrogen-bond donors (Lipinski definition) is 2. The fourth-order valence-corrected chi connectivity index (χ4v) is 3.10. The minimum Gasteiger partial charge on any atom is -0.508 e. The molecular weight excluding hydrogens is 380 g/mol. The van der Waals surface area contributed by atoms with Crippen molar-refractivity contribution in [2.75, 3.05) is 0 Å². The van der Waals surface area contributed by atoms with E-state index in [0.29, 0.717) is 33.9 Å². The molecule has 4 aromatic rings. The van der Waals surface area contributed by atoms with Gasteiger partial charge in [0.2, 0.25) is 5.55 Å². The van der Waals surface area contributed by atoms with Gasteiger partial charge in [-0.25, -0.2) is 4.99 Å². The summed E-state index contributed by atoms with van der Waals surface area (Å²) in [6.45, 7) is 4.47. The molecule has 0 aliphatic carbocycles. The van der Waals surface area contributed by atoms with Gasteiger partial charge in [0.1, 0.15) is 22.7 Å². The van der Waals surface area contributed by atoms with Crippen molar-refractivity contribution in [2.24, 2.45) is 4.99 Å². The zero-order valence-corrected chi connectivity index (χ0v) is 16.8. The number of furan rings is 1. The van der Waals surface area contributed by atoms with Crippen LogP contribution in [0, 0.1) is 0 Å². The molecule has 152 valence electrons. The van der Waals surface area contributed by atoms with Gasteiger partial charge in [-0.1, -0.05) is 26.0 Å². The normalized spacial score (nSPS) is 11.9. The van der Waals surface area contributed by atoms with Gasteiger partial charge in [-0.05, 0) is 53.9 Å². The second-order valence-corrected chi connectivity index (χ2v) is 7.31. The lowest BCUT2D eigenvalue weighted by Crippen LogP contribution is -2.28. The Balaban J connectivity index is 1.80. The van der Waals surface area contributed by atoms with E-state index in [4.69, 9.17) is 8.83 Å². The molecule has 0 atom stereocenters. The second kappa shape index (κ2) is 8.29.